The molecule has 0 saturated heterocycles. The predicted molar refractivity (Wildman–Crippen MR) is 55.9 cm³/mol. The molecule has 76 valence electrons. The second-order valence-corrected chi connectivity index (χ2v) is 4.21. The van der Waals surface area contributed by atoms with E-state index in [2.05, 4.69) is 0 Å². The molecule has 4 heteroatoms. The maximum absolute atomic E-state index is 11.7. The highest BCUT2D eigenvalue weighted by Gasteiger charge is 2.21. The molecular weight excluding hydrogens is 186 g/mol. The van der Waals surface area contributed by atoms with Gasteiger partial charge in [-0.2, -0.15) is 11.8 Å². The van der Waals surface area contributed by atoms with E-state index in [0.29, 0.717) is 6.42 Å². The van der Waals surface area contributed by atoms with Crippen LogP contribution in [0.5, 0.6) is 0 Å². The van der Waals surface area contributed by atoms with Crippen LogP contribution in [0.3, 0.4) is 0 Å². The van der Waals surface area contributed by atoms with Crippen molar-refractivity contribution in [1.29, 1.82) is 0 Å². The molecule has 0 rings (SSSR count). The van der Waals surface area contributed by atoms with Crippen LogP contribution in [0.1, 0.15) is 20.3 Å². The number of aldehydes is 1. The van der Waals surface area contributed by atoms with Crippen molar-refractivity contribution < 1.29 is 9.59 Å². The van der Waals surface area contributed by atoms with Gasteiger partial charge in [0.25, 0.3) is 0 Å². The number of hydrogen-bond donors (Lipinski definition) is 0. The van der Waals surface area contributed by atoms with Gasteiger partial charge in [0.2, 0.25) is 5.91 Å². The van der Waals surface area contributed by atoms with Gasteiger partial charge in [0, 0.05) is 19.5 Å². The Kier molecular flexibility index (Phi) is 5.79. The summed E-state index contributed by atoms with van der Waals surface area (Å²) in [5.41, 5.74) is 0. The van der Waals surface area contributed by atoms with Crippen molar-refractivity contribution in [2.45, 2.75) is 31.6 Å². The number of rotatable bonds is 5. The lowest BCUT2D eigenvalue weighted by molar-refractivity contribution is -0.131. The van der Waals surface area contributed by atoms with Gasteiger partial charge in [0.1, 0.15) is 6.29 Å². The smallest absolute Gasteiger partial charge is 0.236 e. The molecule has 0 aliphatic rings. The molecule has 0 N–H and O–H groups in total. The van der Waals surface area contributed by atoms with E-state index in [1.165, 1.54) is 11.8 Å². The average molecular weight is 203 g/mol. The van der Waals surface area contributed by atoms with Crippen molar-refractivity contribution in [2.24, 2.45) is 0 Å². The summed E-state index contributed by atoms with van der Waals surface area (Å²) in [6.07, 6.45) is 2.95. The molecule has 0 aliphatic heterocycles. The minimum absolute atomic E-state index is 0.0367. The van der Waals surface area contributed by atoms with E-state index in [4.69, 9.17) is 0 Å². The number of carbonyl (C=O) groups is 2. The summed E-state index contributed by atoms with van der Waals surface area (Å²) in [4.78, 5) is 23.6. The molecule has 0 radical (unpaired) electrons. The van der Waals surface area contributed by atoms with Crippen LogP contribution in [0.2, 0.25) is 0 Å². The summed E-state index contributed by atoms with van der Waals surface area (Å²) < 4.78 is 0. The van der Waals surface area contributed by atoms with E-state index >= 15 is 0 Å². The van der Waals surface area contributed by atoms with Crippen LogP contribution < -0.4 is 0 Å². The first kappa shape index (κ1) is 12.5. The third-order valence-corrected chi connectivity index (χ3v) is 2.96. The van der Waals surface area contributed by atoms with Crippen molar-refractivity contribution in [3.8, 4) is 0 Å². The molecule has 1 unspecified atom stereocenters. The Morgan fingerprint density at radius 3 is 2.38 bits per heavy atom. The Bertz CT molecular complexity index is 182. The van der Waals surface area contributed by atoms with E-state index in [1.54, 1.807) is 11.9 Å². The van der Waals surface area contributed by atoms with Crippen LogP contribution >= 0.6 is 11.8 Å². The molecule has 0 aromatic heterocycles. The van der Waals surface area contributed by atoms with E-state index in [0.717, 1.165) is 6.29 Å². The average Bonchev–Trinajstić information content (AvgIpc) is 2.11. The molecule has 0 aliphatic carbocycles. The standard InChI is InChI=1S/C9H17NO2S/c1-7(2)10(3)9(12)8(13-4)5-6-11/h6-8H,5H2,1-4H3. The molecule has 0 bridgehead atoms. The third-order valence-electron chi connectivity index (χ3n) is 1.99. The molecule has 0 spiro atoms. The van der Waals surface area contributed by atoms with Crippen molar-refractivity contribution in [3.05, 3.63) is 0 Å². The summed E-state index contributed by atoms with van der Waals surface area (Å²) >= 11 is 1.43. The zero-order valence-electron chi connectivity index (χ0n) is 8.61. The van der Waals surface area contributed by atoms with Gasteiger partial charge in [-0.1, -0.05) is 0 Å². The molecule has 0 aromatic rings. The number of nitrogens with zero attached hydrogens (tertiary/aromatic N) is 1. The summed E-state index contributed by atoms with van der Waals surface area (Å²) in [5.74, 6) is 0.0367. The summed E-state index contributed by atoms with van der Waals surface area (Å²) in [6, 6.07) is 0.189. The Hall–Kier alpha value is -0.510. The molecular formula is C9H17NO2S. The number of thioether (sulfide) groups is 1. The second kappa shape index (κ2) is 6.02. The van der Waals surface area contributed by atoms with Crippen LogP contribution in [-0.2, 0) is 9.59 Å². The van der Waals surface area contributed by atoms with Crippen LogP contribution in [0.25, 0.3) is 0 Å². The monoisotopic (exact) mass is 203 g/mol. The second-order valence-electron chi connectivity index (χ2n) is 3.17. The van der Waals surface area contributed by atoms with E-state index in [-0.39, 0.29) is 17.2 Å². The first-order valence-corrected chi connectivity index (χ1v) is 5.56. The normalized spacial score (nSPS) is 12.7. The maximum atomic E-state index is 11.7. The summed E-state index contributed by atoms with van der Waals surface area (Å²) in [7, 11) is 1.76. The molecule has 0 heterocycles. The van der Waals surface area contributed by atoms with Gasteiger partial charge >= 0.3 is 0 Å². The highest BCUT2D eigenvalue weighted by Crippen LogP contribution is 2.13. The largest absolute Gasteiger partial charge is 0.342 e. The van der Waals surface area contributed by atoms with Gasteiger partial charge in [-0.3, -0.25) is 4.79 Å². The minimum atomic E-state index is -0.218. The lowest BCUT2D eigenvalue weighted by Gasteiger charge is -2.25. The van der Waals surface area contributed by atoms with Crippen molar-refractivity contribution in [3.63, 3.8) is 0 Å². The van der Waals surface area contributed by atoms with E-state index < -0.39 is 0 Å². The van der Waals surface area contributed by atoms with Crippen molar-refractivity contribution in [1.82, 2.24) is 4.90 Å². The molecule has 1 atom stereocenters. The SMILES string of the molecule is CSC(CC=O)C(=O)N(C)C(C)C. The molecule has 0 saturated carbocycles. The minimum Gasteiger partial charge on any atom is -0.342 e. The highest BCUT2D eigenvalue weighted by molar-refractivity contribution is 7.99. The maximum Gasteiger partial charge on any atom is 0.236 e. The fourth-order valence-electron chi connectivity index (χ4n) is 0.867. The molecule has 0 fully saturated rings. The Balaban J connectivity index is 4.27. The number of carbonyl (C=O) groups excluding carboxylic acids is 2. The van der Waals surface area contributed by atoms with Crippen molar-refractivity contribution >= 4 is 24.0 Å². The predicted octanol–water partition coefficient (Wildman–Crippen LogP) is 1.17. The number of hydrogen-bond acceptors (Lipinski definition) is 3. The zero-order valence-corrected chi connectivity index (χ0v) is 9.43. The van der Waals surface area contributed by atoms with E-state index in [9.17, 15) is 9.59 Å². The van der Waals surface area contributed by atoms with Gasteiger partial charge in [-0.05, 0) is 20.1 Å². The van der Waals surface area contributed by atoms with Crippen LogP contribution in [0.15, 0.2) is 0 Å². The lowest BCUT2D eigenvalue weighted by Crippen LogP contribution is -2.39. The fraction of sp³-hybridized carbons (Fsp3) is 0.778. The molecule has 3 nitrogen and oxygen atoms in total. The molecule has 13 heavy (non-hydrogen) atoms. The van der Waals surface area contributed by atoms with Crippen LogP contribution in [-0.4, -0.2) is 41.7 Å². The summed E-state index contributed by atoms with van der Waals surface area (Å²) in [5, 5.41) is -0.218. The first-order chi connectivity index (χ1) is 6.04. The fourth-order valence-corrected chi connectivity index (χ4v) is 1.51. The van der Waals surface area contributed by atoms with Gasteiger partial charge in [-0.15, -0.1) is 0 Å². The summed E-state index contributed by atoms with van der Waals surface area (Å²) in [6.45, 7) is 3.91. The quantitative estimate of drug-likeness (QED) is 0.630. The first-order valence-electron chi connectivity index (χ1n) is 4.27. The van der Waals surface area contributed by atoms with Gasteiger partial charge < -0.3 is 9.69 Å². The van der Waals surface area contributed by atoms with Crippen LogP contribution in [0.4, 0.5) is 0 Å². The van der Waals surface area contributed by atoms with Gasteiger partial charge in [-0.25, -0.2) is 0 Å². The lowest BCUT2D eigenvalue weighted by atomic mass is 10.2. The Labute approximate surface area is 83.9 Å². The Morgan fingerprint density at radius 2 is 2.08 bits per heavy atom. The third kappa shape index (κ3) is 3.81. The van der Waals surface area contributed by atoms with Crippen molar-refractivity contribution in [2.75, 3.05) is 13.3 Å². The Morgan fingerprint density at radius 1 is 1.54 bits per heavy atom. The molecule has 0 aromatic carbocycles. The zero-order chi connectivity index (χ0) is 10.4. The molecule has 1 amide bonds. The van der Waals surface area contributed by atoms with Crippen LogP contribution in [0, 0.1) is 0 Å². The van der Waals surface area contributed by atoms with Gasteiger partial charge in [0.05, 0.1) is 5.25 Å². The topological polar surface area (TPSA) is 37.4 Å². The highest BCUT2D eigenvalue weighted by atomic mass is 32.2. The van der Waals surface area contributed by atoms with Gasteiger partial charge in [0.15, 0.2) is 0 Å². The van der Waals surface area contributed by atoms with E-state index in [1.807, 2.05) is 20.1 Å². The number of amides is 1.